The minimum atomic E-state index is -0.298. The van der Waals surface area contributed by atoms with Crippen molar-refractivity contribution in [2.75, 3.05) is 31.5 Å². The highest BCUT2D eigenvalue weighted by atomic mass is 19.1. The van der Waals surface area contributed by atoms with Gasteiger partial charge in [-0.05, 0) is 56.1 Å². The van der Waals surface area contributed by atoms with E-state index in [0.717, 1.165) is 6.54 Å². The van der Waals surface area contributed by atoms with Gasteiger partial charge in [-0.2, -0.15) is 0 Å². The van der Waals surface area contributed by atoms with Gasteiger partial charge in [-0.25, -0.2) is 4.39 Å². The number of hydrogen-bond donors (Lipinski definition) is 2. The molecule has 3 saturated heterocycles. The van der Waals surface area contributed by atoms with E-state index in [2.05, 4.69) is 15.5 Å². The highest BCUT2D eigenvalue weighted by Crippen LogP contribution is 2.27. The van der Waals surface area contributed by atoms with Crippen molar-refractivity contribution in [3.63, 3.8) is 0 Å². The maximum absolute atomic E-state index is 12.8. The van der Waals surface area contributed by atoms with Crippen LogP contribution in [0.3, 0.4) is 0 Å². The predicted molar refractivity (Wildman–Crippen MR) is 76.0 cm³/mol. The second-order valence-corrected chi connectivity index (χ2v) is 5.68. The van der Waals surface area contributed by atoms with Gasteiger partial charge in [0.05, 0.1) is 6.54 Å². The highest BCUT2D eigenvalue weighted by Gasteiger charge is 2.33. The molecule has 1 atom stereocenters. The lowest BCUT2D eigenvalue weighted by Gasteiger charge is -2.45. The molecule has 0 saturated carbocycles. The molecule has 4 nitrogen and oxygen atoms in total. The van der Waals surface area contributed by atoms with E-state index in [0.29, 0.717) is 24.2 Å². The Morgan fingerprint density at radius 2 is 1.95 bits per heavy atom. The van der Waals surface area contributed by atoms with E-state index < -0.39 is 0 Å². The molecule has 1 aromatic carbocycles. The minimum Gasteiger partial charge on any atom is -0.325 e. The second kappa shape index (κ2) is 5.89. The zero-order valence-electron chi connectivity index (χ0n) is 11.4. The average molecular weight is 277 g/mol. The Morgan fingerprint density at radius 3 is 2.55 bits per heavy atom. The van der Waals surface area contributed by atoms with Crippen molar-refractivity contribution in [2.24, 2.45) is 5.92 Å². The third kappa shape index (κ3) is 3.16. The van der Waals surface area contributed by atoms with E-state index in [9.17, 15) is 9.18 Å². The lowest BCUT2D eigenvalue weighted by Crippen LogP contribution is -2.57. The van der Waals surface area contributed by atoms with Crippen molar-refractivity contribution < 1.29 is 9.18 Å². The monoisotopic (exact) mass is 277 g/mol. The normalized spacial score (nSPS) is 28.4. The molecule has 4 rings (SSSR count). The Hall–Kier alpha value is -1.46. The first-order valence-electron chi connectivity index (χ1n) is 7.22. The molecular formula is C15H20FN3O. The molecule has 3 aliphatic rings. The van der Waals surface area contributed by atoms with Crippen LogP contribution in [0.4, 0.5) is 10.1 Å². The van der Waals surface area contributed by atoms with Crippen molar-refractivity contribution in [3.8, 4) is 0 Å². The number of nitrogens with one attached hydrogen (secondary N) is 2. The van der Waals surface area contributed by atoms with Gasteiger partial charge >= 0.3 is 0 Å². The van der Waals surface area contributed by atoms with Gasteiger partial charge in [0, 0.05) is 18.3 Å². The number of piperidine rings is 3. The summed E-state index contributed by atoms with van der Waals surface area (Å²) in [6.45, 7) is 3.76. The summed E-state index contributed by atoms with van der Waals surface area (Å²) >= 11 is 0. The van der Waals surface area contributed by atoms with Crippen LogP contribution >= 0.6 is 0 Å². The number of anilines is 1. The summed E-state index contributed by atoms with van der Waals surface area (Å²) in [5.41, 5.74) is 0.632. The van der Waals surface area contributed by atoms with Crippen LogP contribution in [0.5, 0.6) is 0 Å². The molecule has 1 aromatic rings. The zero-order chi connectivity index (χ0) is 13.9. The van der Waals surface area contributed by atoms with Gasteiger partial charge in [-0.3, -0.25) is 4.79 Å². The van der Waals surface area contributed by atoms with Crippen molar-refractivity contribution in [1.82, 2.24) is 10.2 Å². The van der Waals surface area contributed by atoms with Crippen molar-refractivity contribution >= 4 is 11.6 Å². The van der Waals surface area contributed by atoms with Crippen LogP contribution in [0.25, 0.3) is 0 Å². The SMILES string of the molecule is O=C(CNC1CN2CCC1CC2)Nc1ccc(F)cc1. The van der Waals surface area contributed by atoms with Crippen LogP contribution in [0.15, 0.2) is 24.3 Å². The van der Waals surface area contributed by atoms with Gasteiger partial charge in [0.25, 0.3) is 0 Å². The first kappa shape index (κ1) is 13.5. The fourth-order valence-electron chi connectivity index (χ4n) is 3.16. The highest BCUT2D eigenvalue weighted by molar-refractivity contribution is 5.92. The molecule has 2 N–H and O–H groups in total. The first-order valence-corrected chi connectivity index (χ1v) is 7.22. The van der Waals surface area contributed by atoms with Gasteiger partial charge in [0.1, 0.15) is 5.82 Å². The first-order chi connectivity index (χ1) is 9.70. The third-order valence-corrected chi connectivity index (χ3v) is 4.31. The van der Waals surface area contributed by atoms with E-state index in [4.69, 9.17) is 0 Å². The summed E-state index contributed by atoms with van der Waals surface area (Å²) in [6.07, 6.45) is 2.47. The standard InChI is InChI=1S/C15H20FN3O/c16-12-1-3-13(4-2-12)18-15(20)9-17-14-10-19-7-5-11(14)6-8-19/h1-4,11,14,17H,5-10H2,(H,18,20). The number of hydrogen-bond acceptors (Lipinski definition) is 3. The van der Waals surface area contributed by atoms with Crippen LogP contribution < -0.4 is 10.6 Å². The lowest BCUT2D eigenvalue weighted by molar-refractivity contribution is -0.115. The molecule has 1 unspecified atom stereocenters. The smallest absolute Gasteiger partial charge is 0.238 e. The molecule has 1 amide bonds. The Labute approximate surface area is 118 Å². The van der Waals surface area contributed by atoms with Crippen molar-refractivity contribution in [3.05, 3.63) is 30.1 Å². The molecule has 0 aliphatic carbocycles. The number of halogens is 1. The number of nitrogens with zero attached hydrogens (tertiary/aromatic N) is 1. The molecular weight excluding hydrogens is 257 g/mol. The fourth-order valence-corrected chi connectivity index (χ4v) is 3.16. The summed E-state index contributed by atoms with van der Waals surface area (Å²) in [6, 6.07) is 6.26. The lowest BCUT2D eigenvalue weighted by atomic mass is 9.84. The Morgan fingerprint density at radius 1 is 1.25 bits per heavy atom. The van der Waals surface area contributed by atoms with Crippen LogP contribution in [-0.2, 0) is 4.79 Å². The third-order valence-electron chi connectivity index (χ3n) is 4.31. The molecule has 3 heterocycles. The summed E-state index contributed by atoms with van der Waals surface area (Å²) in [5, 5.41) is 6.13. The van der Waals surface area contributed by atoms with Crippen LogP contribution in [0, 0.1) is 11.7 Å². The van der Waals surface area contributed by atoms with Gasteiger partial charge in [-0.1, -0.05) is 0 Å². The number of benzene rings is 1. The van der Waals surface area contributed by atoms with Crippen LogP contribution in [-0.4, -0.2) is 43.0 Å². The van der Waals surface area contributed by atoms with Crippen LogP contribution in [0.2, 0.25) is 0 Å². The second-order valence-electron chi connectivity index (χ2n) is 5.68. The fraction of sp³-hybridized carbons (Fsp3) is 0.533. The number of fused-ring (bicyclic) bond motifs is 3. The molecule has 108 valence electrons. The zero-order valence-corrected chi connectivity index (χ0v) is 11.4. The summed E-state index contributed by atoms with van der Waals surface area (Å²) in [7, 11) is 0. The quantitative estimate of drug-likeness (QED) is 0.875. The van der Waals surface area contributed by atoms with Gasteiger partial charge in [0.15, 0.2) is 0 Å². The summed E-state index contributed by atoms with van der Waals surface area (Å²) < 4.78 is 12.8. The number of carbonyl (C=O) groups excluding carboxylic acids is 1. The summed E-state index contributed by atoms with van der Waals surface area (Å²) in [5.74, 6) is 0.333. The molecule has 3 fully saturated rings. The Kier molecular flexibility index (Phi) is 3.98. The Bertz CT molecular complexity index is 469. The summed E-state index contributed by atoms with van der Waals surface area (Å²) in [4.78, 5) is 14.3. The molecule has 0 aromatic heterocycles. The van der Waals surface area contributed by atoms with E-state index in [-0.39, 0.29) is 11.7 Å². The largest absolute Gasteiger partial charge is 0.325 e. The number of carbonyl (C=O) groups is 1. The number of amides is 1. The van der Waals surface area contributed by atoms with Gasteiger partial charge in [-0.15, -0.1) is 0 Å². The maximum Gasteiger partial charge on any atom is 0.238 e. The van der Waals surface area contributed by atoms with Gasteiger partial charge in [0.2, 0.25) is 5.91 Å². The topological polar surface area (TPSA) is 44.4 Å². The predicted octanol–water partition coefficient (Wildman–Crippen LogP) is 1.45. The van der Waals surface area contributed by atoms with E-state index in [1.165, 1.54) is 38.1 Å². The van der Waals surface area contributed by atoms with E-state index >= 15 is 0 Å². The van der Waals surface area contributed by atoms with Crippen molar-refractivity contribution in [1.29, 1.82) is 0 Å². The molecule has 20 heavy (non-hydrogen) atoms. The van der Waals surface area contributed by atoms with Gasteiger partial charge < -0.3 is 15.5 Å². The number of rotatable bonds is 4. The minimum absolute atomic E-state index is 0.0759. The van der Waals surface area contributed by atoms with Crippen molar-refractivity contribution in [2.45, 2.75) is 18.9 Å². The van der Waals surface area contributed by atoms with E-state index in [1.807, 2.05) is 0 Å². The van der Waals surface area contributed by atoms with E-state index in [1.54, 1.807) is 12.1 Å². The average Bonchev–Trinajstić information content (AvgIpc) is 2.49. The Balaban J connectivity index is 1.46. The molecule has 0 spiro atoms. The molecule has 2 bridgehead atoms. The molecule has 3 aliphatic heterocycles. The maximum atomic E-state index is 12.8. The molecule has 5 heteroatoms. The van der Waals surface area contributed by atoms with Crippen LogP contribution in [0.1, 0.15) is 12.8 Å². The molecule has 0 radical (unpaired) electrons.